The Kier molecular flexibility index (Phi) is 4.88. The lowest BCUT2D eigenvalue weighted by Gasteiger charge is -2.47. The summed E-state index contributed by atoms with van der Waals surface area (Å²) in [5.74, 6) is 0.835. The Morgan fingerprint density at radius 2 is 1.85 bits per heavy atom. The molecule has 26 heavy (non-hydrogen) atoms. The Bertz CT molecular complexity index is 609. The smallest absolute Gasteiger partial charge is 0.140 e. The third kappa shape index (κ3) is 3.57. The summed E-state index contributed by atoms with van der Waals surface area (Å²) in [6, 6.07) is 0.943. The first-order valence-electron chi connectivity index (χ1n) is 10.1. The Hall–Kier alpha value is -0.950. The molecule has 3 aliphatic rings. The number of aromatic nitrogens is 2. The average Bonchev–Trinajstić information content (AvgIpc) is 3.10. The first kappa shape index (κ1) is 18.4. The van der Waals surface area contributed by atoms with Gasteiger partial charge in [-0.05, 0) is 31.1 Å². The summed E-state index contributed by atoms with van der Waals surface area (Å²) in [5.41, 5.74) is -0.522. The zero-order valence-electron chi connectivity index (χ0n) is 16.5. The van der Waals surface area contributed by atoms with E-state index in [1.807, 2.05) is 17.8 Å². The second kappa shape index (κ2) is 6.89. The van der Waals surface area contributed by atoms with Crippen LogP contribution in [0.25, 0.3) is 0 Å². The van der Waals surface area contributed by atoms with Gasteiger partial charge < -0.3 is 14.4 Å². The second-order valence-electron chi connectivity index (χ2n) is 9.41. The van der Waals surface area contributed by atoms with Crippen LogP contribution in [0.5, 0.6) is 0 Å². The fourth-order valence-electron chi connectivity index (χ4n) is 5.48. The molecule has 1 N–H and O–H groups in total. The van der Waals surface area contributed by atoms with Crippen LogP contribution in [-0.4, -0.2) is 75.9 Å². The van der Waals surface area contributed by atoms with Gasteiger partial charge in [0, 0.05) is 57.7 Å². The number of morpholine rings is 1. The molecule has 4 heterocycles. The number of imidazole rings is 1. The summed E-state index contributed by atoms with van der Waals surface area (Å²) < 4.78 is 7.47. The molecule has 0 spiro atoms. The van der Waals surface area contributed by atoms with Gasteiger partial charge in [0.05, 0.1) is 13.2 Å². The molecule has 0 saturated carbocycles. The fourth-order valence-corrected chi connectivity index (χ4v) is 5.48. The summed E-state index contributed by atoms with van der Waals surface area (Å²) in [7, 11) is 1.99. The molecule has 2 unspecified atom stereocenters. The first-order chi connectivity index (χ1) is 12.4. The number of aryl methyl sites for hydroxylation is 1. The van der Waals surface area contributed by atoms with E-state index in [4.69, 9.17) is 4.74 Å². The minimum absolute atomic E-state index is 0.247. The minimum Gasteiger partial charge on any atom is -0.382 e. The van der Waals surface area contributed by atoms with Gasteiger partial charge in [-0.15, -0.1) is 0 Å². The van der Waals surface area contributed by atoms with Crippen LogP contribution in [-0.2, 0) is 17.4 Å². The van der Waals surface area contributed by atoms with E-state index >= 15 is 0 Å². The highest BCUT2D eigenvalue weighted by Gasteiger charge is 2.50. The Morgan fingerprint density at radius 3 is 2.42 bits per heavy atom. The molecule has 4 rings (SSSR count). The third-order valence-corrected chi connectivity index (χ3v) is 6.52. The van der Waals surface area contributed by atoms with Crippen LogP contribution < -0.4 is 0 Å². The lowest BCUT2D eigenvalue weighted by atomic mass is 9.83. The van der Waals surface area contributed by atoms with Crippen LogP contribution in [0.2, 0.25) is 0 Å². The van der Waals surface area contributed by atoms with E-state index in [0.29, 0.717) is 12.1 Å². The third-order valence-electron chi connectivity index (χ3n) is 6.52. The van der Waals surface area contributed by atoms with Crippen molar-refractivity contribution in [1.29, 1.82) is 0 Å². The second-order valence-corrected chi connectivity index (χ2v) is 9.41. The van der Waals surface area contributed by atoms with Crippen LogP contribution in [0.15, 0.2) is 12.4 Å². The van der Waals surface area contributed by atoms with Crippen molar-refractivity contribution in [3.63, 3.8) is 0 Å². The summed E-state index contributed by atoms with van der Waals surface area (Å²) >= 11 is 0. The number of aliphatic hydroxyl groups is 1. The maximum absolute atomic E-state index is 11.3. The van der Waals surface area contributed by atoms with Gasteiger partial charge in [-0.3, -0.25) is 9.80 Å². The van der Waals surface area contributed by atoms with Crippen molar-refractivity contribution in [3.05, 3.63) is 18.2 Å². The SMILES string of the molecule is Cn1ccnc1C1(O)CC2CCC(C1)N2CC(C)(C)CN1CCOCC1. The molecule has 1 aromatic heterocycles. The van der Waals surface area contributed by atoms with E-state index in [-0.39, 0.29) is 5.41 Å². The molecule has 6 heteroatoms. The fraction of sp³-hybridized carbons (Fsp3) is 0.850. The Labute approximate surface area is 157 Å². The maximum atomic E-state index is 11.3. The molecule has 0 aliphatic carbocycles. The standard InChI is InChI=1S/C20H34N4O2/c1-19(2,14-23-8-10-26-11-9-23)15-24-16-4-5-17(24)13-20(25,12-16)18-21-6-7-22(18)3/h6-7,16-17,25H,4-5,8-15H2,1-3H3. The number of rotatable bonds is 5. The highest BCUT2D eigenvalue weighted by Crippen LogP contribution is 2.46. The number of piperidine rings is 1. The molecule has 0 amide bonds. The van der Waals surface area contributed by atoms with Crippen LogP contribution in [0, 0.1) is 5.41 Å². The number of ether oxygens (including phenoxy) is 1. The van der Waals surface area contributed by atoms with Crippen molar-refractivity contribution in [3.8, 4) is 0 Å². The van der Waals surface area contributed by atoms with Crippen molar-refractivity contribution in [2.45, 2.75) is 57.2 Å². The summed E-state index contributed by atoms with van der Waals surface area (Å²) in [4.78, 5) is 9.69. The van der Waals surface area contributed by atoms with Gasteiger partial charge in [0.2, 0.25) is 0 Å². The number of hydrogen-bond donors (Lipinski definition) is 1. The van der Waals surface area contributed by atoms with Gasteiger partial charge in [0.15, 0.2) is 0 Å². The zero-order chi connectivity index (χ0) is 18.4. The molecule has 3 fully saturated rings. The predicted molar refractivity (Wildman–Crippen MR) is 101 cm³/mol. The topological polar surface area (TPSA) is 53.8 Å². The lowest BCUT2D eigenvalue weighted by molar-refractivity contribution is -0.0753. The van der Waals surface area contributed by atoms with Gasteiger partial charge in [0.1, 0.15) is 11.4 Å². The van der Waals surface area contributed by atoms with Crippen molar-refractivity contribution < 1.29 is 9.84 Å². The van der Waals surface area contributed by atoms with Crippen molar-refractivity contribution >= 4 is 0 Å². The zero-order valence-corrected chi connectivity index (χ0v) is 16.5. The number of nitrogens with zero attached hydrogens (tertiary/aromatic N) is 4. The molecular formula is C20H34N4O2. The molecule has 1 aromatic rings. The molecule has 6 nitrogen and oxygen atoms in total. The van der Waals surface area contributed by atoms with Gasteiger partial charge in [-0.25, -0.2) is 4.98 Å². The first-order valence-corrected chi connectivity index (χ1v) is 10.1. The van der Waals surface area contributed by atoms with Crippen LogP contribution >= 0.6 is 0 Å². The van der Waals surface area contributed by atoms with Crippen LogP contribution in [0.1, 0.15) is 45.4 Å². The minimum atomic E-state index is -0.769. The highest BCUT2D eigenvalue weighted by atomic mass is 16.5. The largest absolute Gasteiger partial charge is 0.382 e. The highest BCUT2D eigenvalue weighted by molar-refractivity contribution is 5.12. The van der Waals surface area contributed by atoms with Crippen molar-refractivity contribution in [2.75, 3.05) is 39.4 Å². The van der Waals surface area contributed by atoms with Crippen LogP contribution in [0.3, 0.4) is 0 Å². The molecule has 3 aliphatic heterocycles. The van der Waals surface area contributed by atoms with Gasteiger partial charge in [-0.2, -0.15) is 0 Å². The van der Waals surface area contributed by atoms with Crippen LogP contribution in [0.4, 0.5) is 0 Å². The summed E-state index contributed by atoms with van der Waals surface area (Å²) in [6.07, 6.45) is 7.75. The normalized spacial score (nSPS) is 33.7. The summed E-state index contributed by atoms with van der Waals surface area (Å²) in [5, 5.41) is 11.3. The van der Waals surface area contributed by atoms with Crippen molar-refractivity contribution in [2.24, 2.45) is 12.5 Å². The molecule has 0 aromatic carbocycles. The van der Waals surface area contributed by atoms with Crippen molar-refractivity contribution in [1.82, 2.24) is 19.4 Å². The Balaban J connectivity index is 1.42. The molecular weight excluding hydrogens is 328 g/mol. The van der Waals surface area contributed by atoms with E-state index in [0.717, 1.165) is 58.1 Å². The summed E-state index contributed by atoms with van der Waals surface area (Å²) in [6.45, 7) is 10.8. The maximum Gasteiger partial charge on any atom is 0.140 e. The van der Waals surface area contributed by atoms with Gasteiger partial charge in [0.25, 0.3) is 0 Å². The number of fused-ring (bicyclic) bond motifs is 2. The lowest BCUT2D eigenvalue weighted by Crippen LogP contribution is -2.54. The van der Waals surface area contributed by atoms with E-state index in [1.165, 1.54) is 12.8 Å². The number of hydrogen-bond acceptors (Lipinski definition) is 5. The monoisotopic (exact) mass is 362 g/mol. The Morgan fingerprint density at radius 1 is 1.19 bits per heavy atom. The average molecular weight is 363 g/mol. The van der Waals surface area contributed by atoms with E-state index in [1.54, 1.807) is 6.20 Å². The molecule has 146 valence electrons. The van der Waals surface area contributed by atoms with E-state index in [9.17, 15) is 5.11 Å². The molecule has 3 saturated heterocycles. The predicted octanol–water partition coefficient (Wildman–Crippen LogP) is 1.59. The van der Waals surface area contributed by atoms with Gasteiger partial charge in [-0.1, -0.05) is 13.8 Å². The molecule has 2 bridgehead atoms. The van der Waals surface area contributed by atoms with Gasteiger partial charge >= 0.3 is 0 Å². The molecule has 0 radical (unpaired) electrons. The van der Waals surface area contributed by atoms with E-state index in [2.05, 4.69) is 28.6 Å². The molecule has 2 atom stereocenters. The quantitative estimate of drug-likeness (QED) is 0.862. The van der Waals surface area contributed by atoms with E-state index < -0.39 is 5.60 Å².